The van der Waals surface area contributed by atoms with E-state index < -0.39 is 5.60 Å². The Bertz CT molecular complexity index is 486. The molecule has 1 heterocycles. The van der Waals surface area contributed by atoms with Crippen LogP contribution in [0.2, 0.25) is 0 Å². The molecule has 2 fully saturated rings. The number of aliphatic hydroxyl groups is 1. The van der Waals surface area contributed by atoms with Crippen LogP contribution in [-0.4, -0.2) is 42.5 Å². The quantitative estimate of drug-likeness (QED) is 0.784. The van der Waals surface area contributed by atoms with Crippen LogP contribution in [0.3, 0.4) is 0 Å². The maximum absolute atomic E-state index is 11.9. The molecule has 114 valence electrons. The molecule has 2 unspecified atom stereocenters. The molecule has 1 aliphatic heterocycles. The van der Waals surface area contributed by atoms with Crippen molar-refractivity contribution in [1.29, 1.82) is 0 Å². The minimum atomic E-state index is -0.821. The van der Waals surface area contributed by atoms with Gasteiger partial charge in [-0.15, -0.1) is 0 Å². The number of hydrogen-bond acceptors (Lipinski definition) is 3. The van der Waals surface area contributed by atoms with E-state index >= 15 is 0 Å². The number of carbonyl (C=O) groups is 1. The van der Waals surface area contributed by atoms with Crippen molar-refractivity contribution >= 4 is 6.03 Å². The number of amides is 2. The van der Waals surface area contributed by atoms with Gasteiger partial charge < -0.3 is 20.5 Å². The third-order valence-corrected chi connectivity index (χ3v) is 4.34. The normalized spacial score (nSPS) is 26.9. The van der Waals surface area contributed by atoms with Crippen molar-refractivity contribution < 1.29 is 14.6 Å². The summed E-state index contributed by atoms with van der Waals surface area (Å²) >= 11 is 0. The number of nitrogens with one attached hydrogen (secondary N) is 2. The van der Waals surface area contributed by atoms with Crippen LogP contribution in [0.5, 0.6) is 0 Å². The molecular formula is C16H22N2O3. The topological polar surface area (TPSA) is 70.6 Å². The first kappa shape index (κ1) is 14.4. The number of carbonyl (C=O) groups excluding carboxylic acids is 1. The van der Waals surface area contributed by atoms with Gasteiger partial charge in [0.25, 0.3) is 0 Å². The van der Waals surface area contributed by atoms with Gasteiger partial charge in [0.2, 0.25) is 0 Å². The molecule has 1 aromatic rings. The summed E-state index contributed by atoms with van der Waals surface area (Å²) in [5.74, 6) is 0.420. The molecule has 2 aliphatic rings. The maximum atomic E-state index is 11.9. The van der Waals surface area contributed by atoms with Crippen LogP contribution < -0.4 is 10.6 Å². The molecule has 5 nitrogen and oxygen atoms in total. The van der Waals surface area contributed by atoms with Gasteiger partial charge in [-0.2, -0.15) is 0 Å². The molecule has 21 heavy (non-hydrogen) atoms. The van der Waals surface area contributed by atoms with E-state index in [0.717, 1.165) is 6.42 Å². The highest BCUT2D eigenvalue weighted by Gasteiger charge is 2.39. The molecule has 1 saturated carbocycles. The van der Waals surface area contributed by atoms with Gasteiger partial charge in [0.15, 0.2) is 0 Å². The fourth-order valence-electron chi connectivity index (χ4n) is 2.82. The first-order valence-electron chi connectivity index (χ1n) is 7.56. The van der Waals surface area contributed by atoms with E-state index in [1.165, 1.54) is 5.56 Å². The Morgan fingerprint density at radius 3 is 2.71 bits per heavy atom. The first-order chi connectivity index (χ1) is 10.2. The van der Waals surface area contributed by atoms with Crippen molar-refractivity contribution in [2.24, 2.45) is 0 Å². The molecular weight excluding hydrogens is 268 g/mol. The summed E-state index contributed by atoms with van der Waals surface area (Å²) in [6.07, 6.45) is 2.13. The average Bonchev–Trinajstić information content (AvgIpc) is 3.26. The third-order valence-electron chi connectivity index (χ3n) is 4.34. The van der Waals surface area contributed by atoms with Crippen LogP contribution in [0, 0.1) is 0 Å². The molecule has 0 bridgehead atoms. The van der Waals surface area contributed by atoms with Crippen LogP contribution in [0.1, 0.15) is 30.7 Å². The molecule has 1 saturated heterocycles. The minimum Gasteiger partial charge on any atom is -0.388 e. The molecule has 0 spiro atoms. The predicted molar refractivity (Wildman–Crippen MR) is 79.1 cm³/mol. The van der Waals surface area contributed by atoms with Gasteiger partial charge in [-0.25, -0.2) is 4.79 Å². The van der Waals surface area contributed by atoms with Crippen LogP contribution in [0.25, 0.3) is 0 Å². The number of hydrogen-bond donors (Lipinski definition) is 3. The lowest BCUT2D eigenvalue weighted by Crippen LogP contribution is -2.49. The molecule has 0 radical (unpaired) electrons. The van der Waals surface area contributed by atoms with E-state index in [0.29, 0.717) is 32.0 Å². The van der Waals surface area contributed by atoms with E-state index in [1.807, 2.05) is 18.2 Å². The summed E-state index contributed by atoms with van der Waals surface area (Å²) in [5.41, 5.74) is 0.448. The van der Waals surface area contributed by atoms with Gasteiger partial charge in [0.1, 0.15) is 0 Å². The molecule has 2 atom stereocenters. The lowest BCUT2D eigenvalue weighted by Gasteiger charge is -2.32. The summed E-state index contributed by atoms with van der Waals surface area (Å²) in [6.45, 7) is 1.39. The zero-order valence-corrected chi connectivity index (χ0v) is 12.0. The fourth-order valence-corrected chi connectivity index (χ4v) is 2.82. The van der Waals surface area contributed by atoms with Gasteiger partial charge in [-0.3, -0.25) is 0 Å². The largest absolute Gasteiger partial charge is 0.388 e. The first-order valence-corrected chi connectivity index (χ1v) is 7.56. The third kappa shape index (κ3) is 3.74. The second-order valence-corrected chi connectivity index (χ2v) is 6.02. The van der Waals surface area contributed by atoms with Crippen molar-refractivity contribution in [3.05, 3.63) is 35.9 Å². The summed E-state index contributed by atoms with van der Waals surface area (Å²) in [5, 5.41) is 16.0. The van der Waals surface area contributed by atoms with Crippen molar-refractivity contribution in [2.45, 2.75) is 36.8 Å². The molecule has 0 aromatic heterocycles. The van der Waals surface area contributed by atoms with Crippen LogP contribution >= 0.6 is 0 Å². The summed E-state index contributed by atoms with van der Waals surface area (Å²) in [7, 11) is 0. The van der Waals surface area contributed by atoms with Gasteiger partial charge in [0.05, 0.1) is 5.60 Å². The lowest BCUT2D eigenvalue weighted by atomic mass is 9.94. The Balaban J connectivity index is 1.41. The van der Waals surface area contributed by atoms with Crippen LogP contribution in [0.15, 0.2) is 30.3 Å². The molecule has 2 amide bonds. The highest BCUT2D eigenvalue weighted by molar-refractivity contribution is 5.75. The van der Waals surface area contributed by atoms with Crippen LogP contribution in [0.4, 0.5) is 4.79 Å². The molecule has 1 aromatic carbocycles. The Hall–Kier alpha value is -1.59. The average molecular weight is 290 g/mol. The minimum absolute atomic E-state index is 0.196. The number of urea groups is 1. The molecule has 1 aliphatic carbocycles. The van der Waals surface area contributed by atoms with Gasteiger partial charge >= 0.3 is 6.03 Å². The molecule has 3 N–H and O–H groups in total. The van der Waals surface area contributed by atoms with Crippen molar-refractivity contribution in [2.75, 3.05) is 19.8 Å². The Kier molecular flexibility index (Phi) is 4.12. The highest BCUT2D eigenvalue weighted by atomic mass is 16.5. The van der Waals surface area contributed by atoms with Crippen molar-refractivity contribution in [1.82, 2.24) is 10.6 Å². The zero-order valence-electron chi connectivity index (χ0n) is 12.0. The summed E-state index contributed by atoms with van der Waals surface area (Å²) in [6, 6.07) is 10.2. The summed E-state index contributed by atoms with van der Waals surface area (Å²) < 4.78 is 5.22. The van der Waals surface area contributed by atoms with E-state index in [9.17, 15) is 9.90 Å². The summed E-state index contributed by atoms with van der Waals surface area (Å²) in [4.78, 5) is 11.9. The van der Waals surface area contributed by atoms with Gasteiger partial charge in [-0.05, 0) is 12.0 Å². The Morgan fingerprint density at radius 2 is 2.00 bits per heavy atom. The van der Waals surface area contributed by atoms with Gasteiger partial charge in [-0.1, -0.05) is 30.3 Å². The Labute approximate surface area is 124 Å². The smallest absolute Gasteiger partial charge is 0.315 e. The lowest BCUT2D eigenvalue weighted by molar-refractivity contribution is -0.0600. The number of ether oxygens (including phenoxy) is 1. The van der Waals surface area contributed by atoms with Crippen molar-refractivity contribution in [3.8, 4) is 0 Å². The van der Waals surface area contributed by atoms with E-state index in [1.54, 1.807) is 0 Å². The van der Waals surface area contributed by atoms with Crippen molar-refractivity contribution in [3.63, 3.8) is 0 Å². The SMILES string of the molecule is O=C(NCC1(O)CCOCC1)NC1CC1c1ccccc1. The molecule has 3 rings (SSSR count). The Morgan fingerprint density at radius 1 is 1.29 bits per heavy atom. The van der Waals surface area contributed by atoms with E-state index in [4.69, 9.17) is 4.74 Å². The van der Waals surface area contributed by atoms with E-state index in [2.05, 4.69) is 22.8 Å². The van der Waals surface area contributed by atoms with E-state index in [-0.39, 0.29) is 18.6 Å². The fraction of sp³-hybridized carbons (Fsp3) is 0.562. The molecule has 5 heteroatoms. The second kappa shape index (κ2) is 6.03. The van der Waals surface area contributed by atoms with Crippen LogP contribution in [-0.2, 0) is 4.74 Å². The van der Waals surface area contributed by atoms with Gasteiger partial charge in [0, 0.05) is 44.6 Å². The standard InChI is InChI=1S/C16H22N2O3/c19-15(17-11-16(20)6-8-21-9-7-16)18-14-10-13(14)12-4-2-1-3-5-12/h1-5,13-14,20H,6-11H2,(H2,17,18,19). The monoisotopic (exact) mass is 290 g/mol. The number of rotatable bonds is 4. The highest BCUT2D eigenvalue weighted by Crippen LogP contribution is 2.40. The zero-order chi connectivity index (χ0) is 14.7. The maximum Gasteiger partial charge on any atom is 0.315 e. The predicted octanol–water partition coefficient (Wildman–Crippen LogP) is 1.38. The number of benzene rings is 1. The second-order valence-electron chi connectivity index (χ2n) is 6.02.